The molecule has 1 aromatic rings. The van der Waals surface area contributed by atoms with Crippen molar-refractivity contribution in [3.8, 4) is 6.07 Å². The predicted octanol–water partition coefficient (Wildman–Crippen LogP) is 2.38. The summed E-state index contributed by atoms with van der Waals surface area (Å²) in [5.41, 5.74) is 0.899. The zero-order valence-corrected chi connectivity index (χ0v) is 12.9. The number of hydrogen-bond donors (Lipinski definition) is 1. The third kappa shape index (κ3) is 3.38. The van der Waals surface area contributed by atoms with Gasteiger partial charge in [0.2, 0.25) is 5.91 Å². The maximum absolute atomic E-state index is 12.0. The zero-order chi connectivity index (χ0) is 14.6. The fourth-order valence-electron chi connectivity index (χ4n) is 2.21. The Bertz CT molecular complexity index is 518. The molecular weight excluding hydrogens is 320 g/mol. The van der Waals surface area contributed by atoms with Crippen molar-refractivity contribution < 1.29 is 9.53 Å². The lowest BCUT2D eigenvalue weighted by molar-refractivity contribution is -0.129. The number of nitrogens with zero attached hydrogens (tertiary/aromatic N) is 1. The largest absolute Gasteiger partial charge is 0.379 e. The Kier molecular flexibility index (Phi) is 4.79. The molecule has 0 spiro atoms. The van der Waals surface area contributed by atoms with E-state index in [9.17, 15) is 4.79 Å². The number of nitriles is 1. The number of amides is 1. The lowest BCUT2D eigenvalue weighted by atomic mass is 9.75. The molecule has 1 atom stereocenters. The molecule has 1 aliphatic rings. The maximum Gasteiger partial charge on any atom is 0.221 e. The van der Waals surface area contributed by atoms with Gasteiger partial charge in [0.1, 0.15) is 0 Å². The minimum Gasteiger partial charge on any atom is -0.379 e. The number of carbonyl (C=O) groups excluding carboxylic acids is 1. The van der Waals surface area contributed by atoms with Crippen LogP contribution in [0.3, 0.4) is 0 Å². The second kappa shape index (κ2) is 6.38. The molecule has 0 aromatic heterocycles. The van der Waals surface area contributed by atoms with Crippen LogP contribution in [-0.4, -0.2) is 25.7 Å². The van der Waals surface area contributed by atoms with E-state index in [4.69, 9.17) is 10.00 Å². The van der Waals surface area contributed by atoms with Crippen LogP contribution in [0.5, 0.6) is 0 Å². The third-order valence-corrected chi connectivity index (χ3v) is 4.07. The minimum atomic E-state index is -0.222. The van der Waals surface area contributed by atoms with Gasteiger partial charge in [-0.1, -0.05) is 28.1 Å². The highest BCUT2D eigenvalue weighted by Gasteiger charge is 2.42. The average Bonchev–Trinajstić information content (AvgIpc) is 2.41. The Balaban J connectivity index is 2.00. The monoisotopic (exact) mass is 336 g/mol. The van der Waals surface area contributed by atoms with Crippen molar-refractivity contribution in [3.05, 3.63) is 34.3 Å². The van der Waals surface area contributed by atoms with E-state index in [1.54, 1.807) is 6.92 Å². The Morgan fingerprint density at radius 3 is 2.65 bits per heavy atom. The van der Waals surface area contributed by atoms with Crippen LogP contribution in [0.2, 0.25) is 0 Å². The van der Waals surface area contributed by atoms with Gasteiger partial charge in [0.15, 0.2) is 0 Å². The van der Waals surface area contributed by atoms with Crippen LogP contribution in [0.25, 0.3) is 0 Å². The van der Waals surface area contributed by atoms with Gasteiger partial charge in [-0.05, 0) is 24.6 Å². The van der Waals surface area contributed by atoms with E-state index in [1.165, 1.54) is 0 Å². The van der Waals surface area contributed by atoms with Crippen molar-refractivity contribution in [1.29, 1.82) is 5.26 Å². The van der Waals surface area contributed by atoms with E-state index in [0.29, 0.717) is 26.2 Å². The summed E-state index contributed by atoms with van der Waals surface area (Å²) >= 11 is 3.41. The first kappa shape index (κ1) is 15.0. The molecule has 1 amide bonds. The molecule has 0 radical (unpaired) electrons. The summed E-state index contributed by atoms with van der Waals surface area (Å²) < 4.78 is 6.34. The Morgan fingerprint density at radius 2 is 2.15 bits per heavy atom. The molecule has 20 heavy (non-hydrogen) atoms. The topological polar surface area (TPSA) is 62.1 Å². The SMILES string of the molecule is CC(C#N)CNC(=O)CC1(c2ccc(Br)cc2)COC1. The lowest BCUT2D eigenvalue weighted by Gasteiger charge is -2.41. The first-order valence-corrected chi connectivity index (χ1v) is 7.35. The number of rotatable bonds is 5. The van der Waals surface area contributed by atoms with Crippen molar-refractivity contribution >= 4 is 21.8 Å². The number of benzene rings is 1. The van der Waals surface area contributed by atoms with Crippen molar-refractivity contribution in [2.45, 2.75) is 18.8 Å². The molecule has 4 nitrogen and oxygen atoms in total. The van der Waals surface area contributed by atoms with Gasteiger partial charge in [-0.3, -0.25) is 4.79 Å². The summed E-state index contributed by atoms with van der Waals surface area (Å²) in [4.78, 5) is 12.0. The van der Waals surface area contributed by atoms with E-state index in [2.05, 4.69) is 27.3 Å². The van der Waals surface area contributed by atoms with Crippen LogP contribution < -0.4 is 5.32 Å². The molecule has 5 heteroatoms. The van der Waals surface area contributed by atoms with E-state index >= 15 is 0 Å². The van der Waals surface area contributed by atoms with Crippen LogP contribution in [0.4, 0.5) is 0 Å². The van der Waals surface area contributed by atoms with Gasteiger partial charge >= 0.3 is 0 Å². The second-order valence-electron chi connectivity index (χ2n) is 5.29. The molecule has 1 heterocycles. The number of halogens is 1. The summed E-state index contributed by atoms with van der Waals surface area (Å²) in [6, 6.07) is 10.1. The first-order chi connectivity index (χ1) is 9.55. The molecule has 0 bridgehead atoms. The first-order valence-electron chi connectivity index (χ1n) is 6.56. The molecule has 2 rings (SSSR count). The van der Waals surface area contributed by atoms with Gasteiger partial charge in [0, 0.05) is 17.4 Å². The highest BCUT2D eigenvalue weighted by atomic mass is 79.9. The number of carbonyl (C=O) groups is 1. The zero-order valence-electron chi connectivity index (χ0n) is 11.4. The average molecular weight is 337 g/mol. The Labute approximate surface area is 127 Å². The van der Waals surface area contributed by atoms with Gasteiger partial charge in [0.05, 0.1) is 30.6 Å². The van der Waals surface area contributed by atoms with Crippen LogP contribution in [0.1, 0.15) is 18.9 Å². The normalized spacial score (nSPS) is 17.6. The fourth-order valence-corrected chi connectivity index (χ4v) is 2.47. The summed E-state index contributed by atoms with van der Waals surface area (Å²) in [6.07, 6.45) is 0.396. The van der Waals surface area contributed by atoms with E-state index < -0.39 is 0 Å². The fraction of sp³-hybridized carbons (Fsp3) is 0.467. The molecule has 106 valence electrons. The smallest absolute Gasteiger partial charge is 0.221 e. The Hall–Kier alpha value is -1.38. The number of nitrogens with one attached hydrogen (secondary N) is 1. The summed E-state index contributed by atoms with van der Waals surface area (Å²) in [7, 11) is 0. The van der Waals surface area contributed by atoms with E-state index in [1.807, 2.05) is 24.3 Å². The molecule has 1 saturated heterocycles. The molecule has 1 aromatic carbocycles. The van der Waals surface area contributed by atoms with Crippen molar-refractivity contribution in [1.82, 2.24) is 5.32 Å². The predicted molar refractivity (Wildman–Crippen MR) is 79.0 cm³/mol. The van der Waals surface area contributed by atoms with Crippen LogP contribution in [-0.2, 0) is 14.9 Å². The highest BCUT2D eigenvalue weighted by molar-refractivity contribution is 9.10. The van der Waals surface area contributed by atoms with E-state index in [0.717, 1.165) is 10.0 Å². The second-order valence-corrected chi connectivity index (χ2v) is 6.21. The molecule has 0 aliphatic carbocycles. The number of hydrogen-bond acceptors (Lipinski definition) is 3. The maximum atomic E-state index is 12.0. The number of ether oxygens (including phenoxy) is 1. The van der Waals surface area contributed by atoms with Crippen molar-refractivity contribution in [2.75, 3.05) is 19.8 Å². The third-order valence-electron chi connectivity index (χ3n) is 3.54. The molecule has 1 unspecified atom stereocenters. The lowest BCUT2D eigenvalue weighted by Crippen LogP contribution is -2.50. The van der Waals surface area contributed by atoms with Crippen LogP contribution in [0, 0.1) is 17.2 Å². The highest BCUT2D eigenvalue weighted by Crippen LogP contribution is 2.36. The molecule has 1 aliphatic heterocycles. The minimum absolute atomic E-state index is 0.0293. The molecule has 1 fully saturated rings. The Morgan fingerprint density at radius 1 is 1.50 bits per heavy atom. The molecular formula is C15H17BrN2O2. The van der Waals surface area contributed by atoms with Gasteiger partial charge in [0.25, 0.3) is 0 Å². The van der Waals surface area contributed by atoms with Gasteiger partial charge in [-0.15, -0.1) is 0 Å². The van der Waals surface area contributed by atoms with Crippen molar-refractivity contribution in [3.63, 3.8) is 0 Å². The summed E-state index contributed by atoms with van der Waals surface area (Å²) in [5, 5.41) is 11.5. The standard InChI is InChI=1S/C15H17BrN2O2/c1-11(7-17)8-18-14(19)6-15(9-20-10-15)12-2-4-13(16)5-3-12/h2-5,11H,6,8-10H2,1H3,(H,18,19). The molecule has 1 N–H and O–H groups in total. The van der Waals surface area contributed by atoms with Gasteiger partial charge in [-0.25, -0.2) is 0 Å². The van der Waals surface area contributed by atoms with Crippen LogP contribution >= 0.6 is 15.9 Å². The van der Waals surface area contributed by atoms with Crippen molar-refractivity contribution in [2.24, 2.45) is 5.92 Å². The van der Waals surface area contributed by atoms with Crippen LogP contribution in [0.15, 0.2) is 28.7 Å². The quantitative estimate of drug-likeness (QED) is 0.897. The van der Waals surface area contributed by atoms with Gasteiger partial charge < -0.3 is 10.1 Å². The summed E-state index contributed by atoms with van der Waals surface area (Å²) in [6.45, 7) is 3.32. The van der Waals surface area contributed by atoms with Gasteiger partial charge in [-0.2, -0.15) is 5.26 Å². The summed E-state index contributed by atoms with van der Waals surface area (Å²) in [5.74, 6) is -0.196. The van der Waals surface area contributed by atoms with E-state index in [-0.39, 0.29) is 17.2 Å². The molecule has 0 saturated carbocycles.